The molecule has 2 N–H and O–H groups in total. The Morgan fingerprint density at radius 2 is 1.53 bits per heavy atom. The molecule has 0 bridgehead atoms. The highest BCUT2D eigenvalue weighted by molar-refractivity contribution is 5.80. The minimum atomic E-state index is 0.996. The molecule has 0 aliphatic carbocycles. The average Bonchev–Trinajstić information content (AvgIpc) is 2.32. The Bertz CT molecular complexity index is 446. The molecule has 0 fully saturated rings. The van der Waals surface area contributed by atoms with Gasteiger partial charge in [0.15, 0.2) is 0 Å². The number of benzene rings is 1. The number of hydrogen-bond donors (Lipinski definition) is 1. The summed E-state index contributed by atoms with van der Waals surface area (Å²) in [6, 6.07) is 12.0. The van der Waals surface area contributed by atoms with Gasteiger partial charge in [0.25, 0.3) is 0 Å². The lowest BCUT2D eigenvalue weighted by Crippen LogP contribution is -1.86. The summed E-state index contributed by atoms with van der Waals surface area (Å²) in [5.74, 6) is 5.07. The lowest BCUT2D eigenvalue weighted by Gasteiger charge is -2.00. The van der Waals surface area contributed by atoms with E-state index in [2.05, 4.69) is 10.1 Å². The molecule has 0 unspecified atom stereocenters. The van der Waals surface area contributed by atoms with Gasteiger partial charge in [0.2, 0.25) is 0 Å². The summed E-state index contributed by atoms with van der Waals surface area (Å²) in [4.78, 5) is 3.98. The van der Waals surface area contributed by atoms with Gasteiger partial charge in [-0.1, -0.05) is 24.3 Å². The van der Waals surface area contributed by atoms with E-state index in [1.165, 1.54) is 0 Å². The van der Waals surface area contributed by atoms with Crippen LogP contribution >= 0.6 is 0 Å². The number of hydrogen-bond acceptors (Lipinski definition) is 3. The first-order valence-corrected chi connectivity index (χ1v) is 4.64. The van der Waals surface area contributed by atoms with E-state index in [1.807, 2.05) is 36.4 Å². The molecule has 0 aliphatic rings. The summed E-state index contributed by atoms with van der Waals surface area (Å²) < 4.78 is 0. The Morgan fingerprint density at radius 1 is 0.933 bits per heavy atom. The molecule has 15 heavy (non-hydrogen) atoms. The van der Waals surface area contributed by atoms with Crippen LogP contribution in [-0.4, -0.2) is 11.2 Å². The predicted molar refractivity (Wildman–Crippen MR) is 61.5 cm³/mol. The molecule has 0 radical (unpaired) electrons. The minimum absolute atomic E-state index is 0.996. The first-order valence-electron chi connectivity index (χ1n) is 4.64. The standard InChI is InChI=1S/C12H11N3/c13-15-9-10-1-3-11(4-2-10)12-5-7-14-8-6-12/h1-9H,13H2. The molecule has 1 heterocycles. The van der Waals surface area contributed by atoms with Crippen LogP contribution in [0.4, 0.5) is 0 Å². The molecule has 0 amide bonds. The number of hydrazone groups is 1. The third kappa shape index (κ3) is 2.20. The fourth-order valence-corrected chi connectivity index (χ4v) is 1.39. The Kier molecular flexibility index (Phi) is 2.74. The summed E-state index contributed by atoms with van der Waals surface area (Å²) >= 11 is 0. The second-order valence-corrected chi connectivity index (χ2v) is 3.14. The monoisotopic (exact) mass is 197 g/mol. The Balaban J connectivity index is 2.32. The molecular formula is C12H11N3. The number of nitrogens with two attached hydrogens (primary N) is 1. The van der Waals surface area contributed by atoms with Crippen molar-refractivity contribution in [2.24, 2.45) is 10.9 Å². The SMILES string of the molecule is NN=Cc1ccc(-c2ccncc2)cc1. The average molecular weight is 197 g/mol. The second-order valence-electron chi connectivity index (χ2n) is 3.14. The van der Waals surface area contributed by atoms with Gasteiger partial charge in [-0.15, -0.1) is 0 Å². The number of nitrogens with zero attached hydrogens (tertiary/aromatic N) is 2. The van der Waals surface area contributed by atoms with Crippen LogP contribution in [0.25, 0.3) is 11.1 Å². The normalized spacial score (nSPS) is 10.7. The van der Waals surface area contributed by atoms with Crippen molar-refractivity contribution in [2.45, 2.75) is 0 Å². The van der Waals surface area contributed by atoms with Crippen molar-refractivity contribution in [3.8, 4) is 11.1 Å². The third-order valence-electron chi connectivity index (χ3n) is 2.15. The van der Waals surface area contributed by atoms with Crippen LogP contribution < -0.4 is 5.84 Å². The topological polar surface area (TPSA) is 51.3 Å². The van der Waals surface area contributed by atoms with Gasteiger partial charge in [-0.05, 0) is 28.8 Å². The zero-order chi connectivity index (χ0) is 10.5. The van der Waals surface area contributed by atoms with Crippen molar-refractivity contribution in [2.75, 3.05) is 0 Å². The van der Waals surface area contributed by atoms with Gasteiger partial charge in [0.05, 0.1) is 6.21 Å². The third-order valence-corrected chi connectivity index (χ3v) is 2.15. The van der Waals surface area contributed by atoms with E-state index in [4.69, 9.17) is 5.84 Å². The molecule has 74 valence electrons. The maximum atomic E-state index is 5.07. The molecule has 3 heteroatoms. The molecule has 0 saturated carbocycles. The number of pyridine rings is 1. The van der Waals surface area contributed by atoms with E-state index in [-0.39, 0.29) is 0 Å². The Labute approximate surface area is 88.3 Å². The highest BCUT2D eigenvalue weighted by atomic mass is 15.1. The fourth-order valence-electron chi connectivity index (χ4n) is 1.39. The van der Waals surface area contributed by atoms with Crippen molar-refractivity contribution in [3.63, 3.8) is 0 Å². The van der Waals surface area contributed by atoms with Crippen molar-refractivity contribution in [1.29, 1.82) is 0 Å². The van der Waals surface area contributed by atoms with E-state index in [0.717, 1.165) is 16.7 Å². The Hall–Kier alpha value is -2.16. The van der Waals surface area contributed by atoms with Crippen molar-refractivity contribution in [1.82, 2.24) is 4.98 Å². The number of rotatable bonds is 2. The smallest absolute Gasteiger partial charge is 0.0538 e. The predicted octanol–water partition coefficient (Wildman–Crippen LogP) is 2.04. The molecule has 3 nitrogen and oxygen atoms in total. The first-order chi connectivity index (χ1) is 7.40. The summed E-state index contributed by atoms with van der Waals surface area (Å²) in [6.45, 7) is 0. The molecule has 0 spiro atoms. The van der Waals surface area contributed by atoms with Crippen LogP contribution in [0.5, 0.6) is 0 Å². The number of aromatic nitrogens is 1. The van der Waals surface area contributed by atoms with Crippen molar-refractivity contribution < 1.29 is 0 Å². The van der Waals surface area contributed by atoms with Crippen LogP contribution in [0.15, 0.2) is 53.9 Å². The summed E-state index contributed by atoms with van der Waals surface area (Å²) in [7, 11) is 0. The van der Waals surface area contributed by atoms with E-state index in [1.54, 1.807) is 18.6 Å². The quantitative estimate of drug-likeness (QED) is 0.455. The fraction of sp³-hybridized carbons (Fsp3) is 0. The van der Waals surface area contributed by atoms with Gasteiger partial charge in [0, 0.05) is 12.4 Å². The highest BCUT2D eigenvalue weighted by Gasteiger charge is 1.95. The molecule has 1 aromatic heterocycles. The molecule has 0 atom stereocenters. The van der Waals surface area contributed by atoms with Crippen LogP contribution in [-0.2, 0) is 0 Å². The van der Waals surface area contributed by atoms with Gasteiger partial charge in [-0.25, -0.2) is 0 Å². The van der Waals surface area contributed by atoms with E-state index in [0.29, 0.717) is 0 Å². The van der Waals surface area contributed by atoms with Gasteiger partial charge in [-0.3, -0.25) is 4.98 Å². The van der Waals surface area contributed by atoms with Crippen molar-refractivity contribution >= 4 is 6.21 Å². The highest BCUT2D eigenvalue weighted by Crippen LogP contribution is 2.17. The first kappa shape index (κ1) is 9.40. The van der Waals surface area contributed by atoms with Crippen LogP contribution in [0.3, 0.4) is 0 Å². The molecule has 0 saturated heterocycles. The zero-order valence-corrected chi connectivity index (χ0v) is 8.17. The summed E-state index contributed by atoms with van der Waals surface area (Å²) in [5.41, 5.74) is 3.31. The maximum absolute atomic E-state index is 5.07. The lowest BCUT2D eigenvalue weighted by molar-refractivity contribution is 1.26. The van der Waals surface area contributed by atoms with Gasteiger partial charge < -0.3 is 5.84 Å². The van der Waals surface area contributed by atoms with Crippen LogP contribution in [0.2, 0.25) is 0 Å². The minimum Gasteiger partial charge on any atom is -0.323 e. The second kappa shape index (κ2) is 4.37. The van der Waals surface area contributed by atoms with E-state index < -0.39 is 0 Å². The van der Waals surface area contributed by atoms with E-state index >= 15 is 0 Å². The van der Waals surface area contributed by atoms with Crippen molar-refractivity contribution in [3.05, 3.63) is 54.4 Å². The largest absolute Gasteiger partial charge is 0.323 e. The zero-order valence-electron chi connectivity index (χ0n) is 8.17. The van der Waals surface area contributed by atoms with E-state index in [9.17, 15) is 0 Å². The molecule has 1 aromatic carbocycles. The van der Waals surface area contributed by atoms with Crippen LogP contribution in [0, 0.1) is 0 Å². The molecule has 2 aromatic rings. The van der Waals surface area contributed by atoms with Gasteiger partial charge in [0.1, 0.15) is 0 Å². The van der Waals surface area contributed by atoms with Crippen LogP contribution in [0.1, 0.15) is 5.56 Å². The summed E-state index contributed by atoms with van der Waals surface area (Å²) in [6.07, 6.45) is 5.19. The van der Waals surface area contributed by atoms with Gasteiger partial charge in [-0.2, -0.15) is 5.10 Å². The Morgan fingerprint density at radius 3 is 2.13 bits per heavy atom. The van der Waals surface area contributed by atoms with Gasteiger partial charge >= 0.3 is 0 Å². The maximum Gasteiger partial charge on any atom is 0.0538 e. The molecule has 0 aliphatic heterocycles. The lowest BCUT2D eigenvalue weighted by atomic mass is 10.1. The molecular weight excluding hydrogens is 186 g/mol. The molecule has 2 rings (SSSR count). The summed E-state index contributed by atoms with van der Waals surface area (Å²) in [5, 5.41) is 3.47.